The summed E-state index contributed by atoms with van der Waals surface area (Å²) >= 11 is 1.39. The molecular formula is C14H19N3S. The molecule has 0 saturated heterocycles. The van der Waals surface area contributed by atoms with Gasteiger partial charge in [-0.05, 0) is 30.4 Å². The second-order valence-corrected chi connectivity index (χ2v) is 5.77. The molecule has 1 atom stereocenters. The highest BCUT2D eigenvalue weighted by Gasteiger charge is 2.07. The van der Waals surface area contributed by atoms with Gasteiger partial charge >= 0.3 is 0 Å². The molecule has 1 aromatic heterocycles. The summed E-state index contributed by atoms with van der Waals surface area (Å²) in [7, 11) is 0. The summed E-state index contributed by atoms with van der Waals surface area (Å²) < 4.78 is 3.84. The first-order chi connectivity index (χ1) is 8.65. The van der Waals surface area contributed by atoms with E-state index in [0.717, 1.165) is 11.4 Å². The normalized spacial score (nSPS) is 12.7. The van der Waals surface area contributed by atoms with Crippen molar-refractivity contribution in [1.29, 1.82) is 0 Å². The molecule has 0 fully saturated rings. The number of hydrogen-bond acceptors (Lipinski definition) is 4. The lowest BCUT2D eigenvalue weighted by Gasteiger charge is -2.14. The van der Waals surface area contributed by atoms with E-state index in [9.17, 15) is 0 Å². The Morgan fingerprint density at radius 1 is 1.17 bits per heavy atom. The van der Waals surface area contributed by atoms with E-state index in [1.807, 2.05) is 0 Å². The third-order valence-corrected chi connectivity index (χ3v) is 3.44. The minimum Gasteiger partial charge on any atom is -0.368 e. The molecule has 2 aromatic rings. The molecule has 1 unspecified atom stereocenters. The fourth-order valence-corrected chi connectivity index (χ4v) is 2.45. The van der Waals surface area contributed by atoms with E-state index in [2.05, 4.69) is 59.9 Å². The molecule has 3 nitrogen and oxygen atoms in total. The molecule has 0 aliphatic carbocycles. The van der Waals surface area contributed by atoms with E-state index in [1.54, 1.807) is 6.20 Å². The zero-order valence-electron chi connectivity index (χ0n) is 11.1. The molecule has 0 bridgehead atoms. The summed E-state index contributed by atoms with van der Waals surface area (Å²) in [6.45, 7) is 6.64. The van der Waals surface area contributed by atoms with Gasteiger partial charge in [0.25, 0.3) is 0 Å². The van der Waals surface area contributed by atoms with Crippen LogP contribution in [0.2, 0.25) is 0 Å². The van der Waals surface area contributed by atoms with Crippen LogP contribution in [0.1, 0.15) is 37.9 Å². The molecular weight excluding hydrogens is 242 g/mol. The van der Waals surface area contributed by atoms with Crippen LogP contribution >= 0.6 is 11.5 Å². The van der Waals surface area contributed by atoms with Gasteiger partial charge in [0.2, 0.25) is 0 Å². The van der Waals surface area contributed by atoms with Gasteiger partial charge in [-0.2, -0.15) is 0 Å². The van der Waals surface area contributed by atoms with Crippen LogP contribution in [0.15, 0.2) is 30.5 Å². The predicted molar refractivity (Wildman–Crippen MR) is 76.9 cm³/mol. The fraction of sp³-hybridized carbons (Fsp3) is 0.429. The van der Waals surface area contributed by atoms with Gasteiger partial charge in [-0.25, -0.2) is 0 Å². The number of benzene rings is 1. The average molecular weight is 261 g/mol. The fourth-order valence-electron chi connectivity index (χ4n) is 1.94. The minimum atomic E-state index is 0.278. The molecule has 0 radical (unpaired) electrons. The SMILES string of the molecule is CC(C)Cc1ccc(C(C)Nc2cnns2)cc1. The number of nitrogens with one attached hydrogen (secondary N) is 1. The molecule has 1 aromatic carbocycles. The molecule has 2 rings (SSSR count). The Kier molecular flexibility index (Phi) is 4.31. The highest BCUT2D eigenvalue weighted by Crippen LogP contribution is 2.21. The van der Waals surface area contributed by atoms with Crippen LogP contribution in [0.5, 0.6) is 0 Å². The van der Waals surface area contributed by atoms with Crippen LogP contribution in [0, 0.1) is 5.92 Å². The minimum absolute atomic E-state index is 0.278. The van der Waals surface area contributed by atoms with Crippen LogP contribution in [0.25, 0.3) is 0 Å². The molecule has 0 saturated carbocycles. The molecule has 4 heteroatoms. The van der Waals surface area contributed by atoms with Gasteiger partial charge in [0.15, 0.2) is 0 Å². The first kappa shape index (κ1) is 13.0. The molecule has 1 heterocycles. The number of rotatable bonds is 5. The van der Waals surface area contributed by atoms with Crippen LogP contribution in [-0.2, 0) is 6.42 Å². The summed E-state index contributed by atoms with van der Waals surface area (Å²) in [6.07, 6.45) is 2.90. The maximum atomic E-state index is 3.84. The number of anilines is 1. The Morgan fingerprint density at radius 3 is 2.44 bits per heavy atom. The Bertz CT molecular complexity index is 462. The molecule has 1 N–H and O–H groups in total. The maximum absolute atomic E-state index is 3.84. The second kappa shape index (κ2) is 5.96. The predicted octanol–water partition coefficient (Wildman–Crippen LogP) is 3.91. The number of hydrogen-bond donors (Lipinski definition) is 1. The van der Waals surface area contributed by atoms with Crippen LogP contribution in [0.4, 0.5) is 5.00 Å². The van der Waals surface area contributed by atoms with Crippen molar-refractivity contribution >= 4 is 16.5 Å². The van der Waals surface area contributed by atoms with E-state index in [4.69, 9.17) is 0 Å². The van der Waals surface area contributed by atoms with Gasteiger partial charge < -0.3 is 5.32 Å². The van der Waals surface area contributed by atoms with Gasteiger partial charge in [-0.15, -0.1) is 5.10 Å². The largest absolute Gasteiger partial charge is 0.368 e. The topological polar surface area (TPSA) is 37.8 Å². The Labute approximate surface area is 112 Å². The zero-order chi connectivity index (χ0) is 13.0. The van der Waals surface area contributed by atoms with Crippen molar-refractivity contribution in [2.24, 2.45) is 5.92 Å². The van der Waals surface area contributed by atoms with Crippen molar-refractivity contribution < 1.29 is 0 Å². The van der Waals surface area contributed by atoms with Crippen LogP contribution in [-0.4, -0.2) is 9.59 Å². The van der Waals surface area contributed by atoms with E-state index in [-0.39, 0.29) is 6.04 Å². The van der Waals surface area contributed by atoms with Crippen molar-refractivity contribution in [1.82, 2.24) is 9.59 Å². The Morgan fingerprint density at radius 2 is 1.89 bits per heavy atom. The smallest absolute Gasteiger partial charge is 0.130 e. The third kappa shape index (κ3) is 3.53. The first-order valence-electron chi connectivity index (χ1n) is 6.28. The van der Waals surface area contributed by atoms with Crippen molar-refractivity contribution in [2.45, 2.75) is 33.2 Å². The van der Waals surface area contributed by atoms with Crippen molar-refractivity contribution in [3.8, 4) is 0 Å². The first-order valence-corrected chi connectivity index (χ1v) is 7.05. The summed E-state index contributed by atoms with van der Waals surface area (Å²) in [5.74, 6) is 0.703. The lowest BCUT2D eigenvalue weighted by molar-refractivity contribution is 0.647. The van der Waals surface area contributed by atoms with E-state index in [0.29, 0.717) is 5.92 Å². The zero-order valence-corrected chi connectivity index (χ0v) is 11.9. The van der Waals surface area contributed by atoms with Crippen LogP contribution in [0.3, 0.4) is 0 Å². The molecule has 0 aliphatic heterocycles. The van der Waals surface area contributed by atoms with Gasteiger partial charge in [0, 0.05) is 17.6 Å². The maximum Gasteiger partial charge on any atom is 0.130 e. The summed E-state index contributed by atoms with van der Waals surface area (Å²) in [6, 6.07) is 9.12. The van der Waals surface area contributed by atoms with Crippen LogP contribution < -0.4 is 5.32 Å². The summed E-state index contributed by atoms with van der Waals surface area (Å²) in [4.78, 5) is 0. The van der Waals surface area contributed by atoms with Gasteiger partial charge in [-0.3, -0.25) is 0 Å². The summed E-state index contributed by atoms with van der Waals surface area (Å²) in [5, 5.41) is 8.22. The van der Waals surface area contributed by atoms with E-state index in [1.165, 1.54) is 22.7 Å². The van der Waals surface area contributed by atoms with Crippen molar-refractivity contribution in [3.63, 3.8) is 0 Å². The standard InChI is InChI=1S/C14H19N3S/c1-10(2)8-12-4-6-13(7-5-12)11(3)16-14-9-15-17-18-14/h4-7,9-11,16H,8H2,1-3H3. The molecule has 18 heavy (non-hydrogen) atoms. The number of aromatic nitrogens is 2. The average Bonchev–Trinajstić information content (AvgIpc) is 2.82. The highest BCUT2D eigenvalue weighted by atomic mass is 32.1. The van der Waals surface area contributed by atoms with Gasteiger partial charge in [0.1, 0.15) is 5.00 Å². The second-order valence-electron chi connectivity index (χ2n) is 4.99. The highest BCUT2D eigenvalue weighted by molar-refractivity contribution is 7.09. The molecule has 0 spiro atoms. The monoisotopic (exact) mass is 261 g/mol. The van der Waals surface area contributed by atoms with Crippen molar-refractivity contribution in [2.75, 3.05) is 5.32 Å². The quantitative estimate of drug-likeness (QED) is 0.886. The Balaban J connectivity index is 2.00. The van der Waals surface area contributed by atoms with Gasteiger partial charge in [0.05, 0.1) is 6.20 Å². The lowest BCUT2D eigenvalue weighted by Crippen LogP contribution is -2.05. The summed E-state index contributed by atoms with van der Waals surface area (Å²) in [5.41, 5.74) is 2.69. The molecule has 0 amide bonds. The van der Waals surface area contributed by atoms with Gasteiger partial charge in [-0.1, -0.05) is 42.6 Å². The molecule has 96 valence electrons. The lowest BCUT2D eigenvalue weighted by atomic mass is 10.00. The van der Waals surface area contributed by atoms with E-state index < -0.39 is 0 Å². The number of nitrogens with zero attached hydrogens (tertiary/aromatic N) is 2. The van der Waals surface area contributed by atoms with E-state index >= 15 is 0 Å². The molecule has 0 aliphatic rings. The van der Waals surface area contributed by atoms with Crippen molar-refractivity contribution in [3.05, 3.63) is 41.6 Å². The Hall–Kier alpha value is -1.42. The third-order valence-electron chi connectivity index (χ3n) is 2.84.